The first-order valence-electron chi connectivity index (χ1n) is 9.40. The van der Waals surface area contributed by atoms with E-state index in [0.717, 1.165) is 23.6 Å². The topological polar surface area (TPSA) is 125 Å². The van der Waals surface area contributed by atoms with E-state index in [0.29, 0.717) is 17.1 Å². The summed E-state index contributed by atoms with van der Waals surface area (Å²) < 4.78 is 47.3. The molecular weight excluding hydrogens is 449 g/mol. The van der Waals surface area contributed by atoms with Gasteiger partial charge in [0, 0.05) is 19.2 Å². The van der Waals surface area contributed by atoms with Gasteiger partial charge in [-0.2, -0.15) is 13.2 Å². The molecule has 174 valence electrons. The Hall–Kier alpha value is -4.16. The van der Waals surface area contributed by atoms with Gasteiger partial charge >= 0.3 is 17.8 Å². The zero-order valence-corrected chi connectivity index (χ0v) is 17.3. The summed E-state index contributed by atoms with van der Waals surface area (Å²) in [6.07, 6.45) is -6.50. The number of rotatable bonds is 6. The Morgan fingerprint density at radius 3 is 2.42 bits per heavy atom. The number of esters is 1. The summed E-state index contributed by atoms with van der Waals surface area (Å²) in [4.78, 5) is 46.8. The van der Waals surface area contributed by atoms with Crippen molar-refractivity contribution in [3.8, 4) is 0 Å². The number of nitrogens with zero attached hydrogens (tertiary/aromatic N) is 3. The Balaban J connectivity index is 1.74. The van der Waals surface area contributed by atoms with Crippen molar-refractivity contribution in [3.05, 3.63) is 68.6 Å². The first-order chi connectivity index (χ1) is 15.4. The molecule has 1 heterocycles. The normalized spacial score (nSPS) is 12.4. The Kier molecular flexibility index (Phi) is 6.24. The SMILES string of the molecule is CC(OC(=O)Cn1c(=O)n(C)c2ccccc21)C(=O)Nc1ccc([N+](=O)[O-])cc1C(F)(F)F. The molecule has 1 N–H and O–H groups in total. The summed E-state index contributed by atoms with van der Waals surface area (Å²) >= 11 is 0. The van der Waals surface area contributed by atoms with Gasteiger partial charge in [-0.25, -0.2) is 4.79 Å². The molecule has 1 aromatic heterocycles. The molecule has 0 aliphatic rings. The molecule has 13 heteroatoms. The van der Waals surface area contributed by atoms with E-state index in [1.165, 1.54) is 11.6 Å². The highest BCUT2D eigenvalue weighted by atomic mass is 19.4. The molecule has 0 spiro atoms. The number of nitro groups is 1. The van der Waals surface area contributed by atoms with Gasteiger partial charge in [-0.3, -0.25) is 28.8 Å². The number of hydrogen-bond acceptors (Lipinski definition) is 6. The van der Waals surface area contributed by atoms with Crippen LogP contribution in [0.1, 0.15) is 12.5 Å². The third-order valence-electron chi connectivity index (χ3n) is 4.79. The minimum atomic E-state index is -4.98. The van der Waals surface area contributed by atoms with Crippen LogP contribution in [0.5, 0.6) is 0 Å². The number of imidazole rings is 1. The number of nitrogens with one attached hydrogen (secondary N) is 1. The van der Waals surface area contributed by atoms with Crippen LogP contribution in [0.4, 0.5) is 24.5 Å². The van der Waals surface area contributed by atoms with Gasteiger partial charge in [0.05, 0.1) is 27.2 Å². The molecule has 1 unspecified atom stereocenters. The van der Waals surface area contributed by atoms with Crippen LogP contribution < -0.4 is 11.0 Å². The number of carbonyl (C=O) groups is 2. The molecule has 0 aliphatic carbocycles. The first-order valence-corrected chi connectivity index (χ1v) is 9.40. The number of alkyl halides is 3. The van der Waals surface area contributed by atoms with Gasteiger partial charge in [0.25, 0.3) is 11.6 Å². The second kappa shape index (κ2) is 8.76. The van der Waals surface area contributed by atoms with Gasteiger partial charge in [0.1, 0.15) is 6.54 Å². The number of nitro benzene ring substituents is 1. The summed E-state index contributed by atoms with van der Waals surface area (Å²) in [5.41, 5.74) is -2.43. The van der Waals surface area contributed by atoms with Crippen LogP contribution in [0.25, 0.3) is 11.0 Å². The van der Waals surface area contributed by atoms with Crippen molar-refractivity contribution in [1.29, 1.82) is 0 Å². The third kappa shape index (κ3) is 4.86. The fraction of sp³-hybridized carbons (Fsp3) is 0.250. The van der Waals surface area contributed by atoms with Gasteiger partial charge in [-0.15, -0.1) is 0 Å². The smallest absolute Gasteiger partial charge is 0.418 e. The quantitative estimate of drug-likeness (QED) is 0.338. The Bertz CT molecular complexity index is 1310. The number of halogens is 3. The van der Waals surface area contributed by atoms with Crippen LogP contribution in [-0.2, 0) is 34.1 Å². The molecule has 0 aliphatic heterocycles. The average molecular weight is 466 g/mol. The zero-order chi connectivity index (χ0) is 24.5. The Morgan fingerprint density at radius 2 is 1.82 bits per heavy atom. The highest BCUT2D eigenvalue weighted by Gasteiger charge is 2.36. The fourth-order valence-electron chi connectivity index (χ4n) is 3.16. The number of fused-ring (bicyclic) bond motifs is 1. The maximum atomic E-state index is 13.3. The maximum Gasteiger partial charge on any atom is 0.418 e. The minimum absolute atomic E-state index is 0.291. The van der Waals surface area contributed by atoms with Crippen molar-refractivity contribution < 1.29 is 32.4 Å². The molecule has 0 saturated heterocycles. The second-order valence-electron chi connectivity index (χ2n) is 7.02. The van der Waals surface area contributed by atoms with Crippen molar-refractivity contribution in [1.82, 2.24) is 9.13 Å². The molecule has 0 bridgehead atoms. The van der Waals surface area contributed by atoms with Crippen molar-refractivity contribution in [3.63, 3.8) is 0 Å². The lowest BCUT2D eigenvalue weighted by molar-refractivity contribution is -0.385. The molecule has 0 saturated carbocycles. The first kappa shape index (κ1) is 23.5. The van der Waals surface area contributed by atoms with E-state index >= 15 is 0 Å². The number of non-ortho nitro benzene ring substituents is 1. The average Bonchev–Trinajstić information content (AvgIpc) is 2.98. The van der Waals surface area contributed by atoms with Crippen LogP contribution >= 0.6 is 0 Å². The lowest BCUT2D eigenvalue weighted by Gasteiger charge is -2.17. The summed E-state index contributed by atoms with van der Waals surface area (Å²) in [5, 5.41) is 12.7. The predicted octanol–water partition coefficient (Wildman–Crippen LogP) is 2.84. The number of para-hydroxylation sites is 2. The lowest BCUT2D eigenvalue weighted by Crippen LogP contribution is -2.33. The molecule has 2 aromatic carbocycles. The molecule has 1 amide bonds. The van der Waals surface area contributed by atoms with Gasteiger partial charge in [-0.1, -0.05) is 12.1 Å². The van der Waals surface area contributed by atoms with Crippen LogP contribution in [-0.4, -0.2) is 32.0 Å². The van der Waals surface area contributed by atoms with E-state index in [4.69, 9.17) is 4.74 Å². The van der Waals surface area contributed by atoms with E-state index in [-0.39, 0.29) is 0 Å². The molecule has 1 atom stereocenters. The third-order valence-corrected chi connectivity index (χ3v) is 4.79. The predicted molar refractivity (Wildman–Crippen MR) is 109 cm³/mol. The standard InChI is InChI=1S/C20H17F3N4O6/c1-11(18(29)24-14-8-7-12(27(31)32)9-13(14)20(21,22)23)33-17(28)10-26-16-6-4-3-5-15(16)25(2)19(26)30/h3-9,11H,10H2,1-2H3,(H,24,29). The number of aryl methyl sites for hydroxylation is 1. The largest absolute Gasteiger partial charge is 0.451 e. The molecule has 3 aromatic rings. The molecular formula is C20H17F3N4O6. The van der Waals surface area contributed by atoms with Gasteiger partial charge in [0.2, 0.25) is 0 Å². The lowest BCUT2D eigenvalue weighted by atomic mass is 10.1. The number of ether oxygens (including phenoxy) is 1. The molecule has 0 radical (unpaired) electrons. The second-order valence-corrected chi connectivity index (χ2v) is 7.02. The highest BCUT2D eigenvalue weighted by Crippen LogP contribution is 2.37. The van der Waals surface area contributed by atoms with Gasteiger partial charge in [-0.05, 0) is 25.1 Å². The summed E-state index contributed by atoms with van der Waals surface area (Å²) in [5.74, 6) is -2.05. The highest BCUT2D eigenvalue weighted by molar-refractivity contribution is 5.96. The van der Waals surface area contributed by atoms with Crippen LogP contribution in [0.15, 0.2) is 47.3 Å². The summed E-state index contributed by atoms with van der Waals surface area (Å²) in [7, 11) is 1.52. The Labute approximate surface area is 183 Å². The van der Waals surface area contributed by atoms with Crippen molar-refractivity contribution in [2.45, 2.75) is 25.7 Å². The van der Waals surface area contributed by atoms with E-state index in [1.54, 1.807) is 24.3 Å². The van der Waals surface area contributed by atoms with E-state index in [1.807, 2.05) is 5.32 Å². The van der Waals surface area contributed by atoms with E-state index in [2.05, 4.69) is 0 Å². The van der Waals surface area contributed by atoms with E-state index in [9.17, 15) is 37.7 Å². The number of aromatic nitrogens is 2. The molecule has 3 rings (SSSR count). The minimum Gasteiger partial charge on any atom is -0.451 e. The number of anilines is 1. The number of amides is 1. The molecule has 33 heavy (non-hydrogen) atoms. The maximum absolute atomic E-state index is 13.3. The van der Waals surface area contributed by atoms with Crippen molar-refractivity contribution in [2.75, 3.05) is 5.32 Å². The summed E-state index contributed by atoms with van der Waals surface area (Å²) in [6.45, 7) is 0.612. The van der Waals surface area contributed by atoms with Crippen molar-refractivity contribution in [2.24, 2.45) is 7.05 Å². The van der Waals surface area contributed by atoms with Crippen LogP contribution in [0.2, 0.25) is 0 Å². The Morgan fingerprint density at radius 1 is 1.18 bits per heavy atom. The molecule has 0 fully saturated rings. The summed E-state index contributed by atoms with van der Waals surface area (Å²) in [6, 6.07) is 8.51. The van der Waals surface area contributed by atoms with Crippen LogP contribution in [0.3, 0.4) is 0 Å². The molecule has 10 nitrogen and oxygen atoms in total. The fourth-order valence-corrected chi connectivity index (χ4v) is 3.16. The van der Waals surface area contributed by atoms with Crippen molar-refractivity contribution >= 4 is 34.3 Å². The number of hydrogen-bond donors (Lipinski definition) is 1. The number of benzene rings is 2. The number of carbonyl (C=O) groups excluding carboxylic acids is 2. The van der Waals surface area contributed by atoms with Gasteiger partial charge in [0.15, 0.2) is 6.10 Å². The van der Waals surface area contributed by atoms with Crippen LogP contribution in [0, 0.1) is 10.1 Å². The zero-order valence-electron chi connectivity index (χ0n) is 17.3. The monoisotopic (exact) mass is 466 g/mol. The van der Waals surface area contributed by atoms with Gasteiger partial charge < -0.3 is 10.1 Å². The van der Waals surface area contributed by atoms with E-state index < -0.39 is 58.3 Å².